The van der Waals surface area contributed by atoms with Crippen LogP contribution >= 0.6 is 0 Å². The lowest BCUT2D eigenvalue weighted by Crippen LogP contribution is -2.42. The van der Waals surface area contributed by atoms with Crippen molar-refractivity contribution in [2.24, 2.45) is 5.92 Å². The van der Waals surface area contributed by atoms with Crippen molar-refractivity contribution in [2.45, 2.75) is 12.8 Å². The third-order valence-corrected chi connectivity index (χ3v) is 3.56. The van der Waals surface area contributed by atoms with Gasteiger partial charge >= 0.3 is 5.97 Å². The molecule has 1 atom stereocenters. The van der Waals surface area contributed by atoms with E-state index in [1.807, 2.05) is 4.90 Å². The van der Waals surface area contributed by atoms with Crippen molar-refractivity contribution >= 4 is 17.6 Å². The first-order chi connectivity index (χ1) is 10.1. The molecule has 0 radical (unpaired) electrons. The molecule has 0 spiro atoms. The summed E-state index contributed by atoms with van der Waals surface area (Å²) in [5.74, 6) is -1.18. The molecule has 1 fully saturated rings. The fourth-order valence-electron chi connectivity index (χ4n) is 2.51. The largest absolute Gasteiger partial charge is 0.469 e. The molecule has 1 aliphatic heterocycles. The molecule has 1 amide bonds. The van der Waals surface area contributed by atoms with Crippen LogP contribution in [0.25, 0.3) is 0 Å². The Hall–Kier alpha value is -1.95. The standard InChI is InChI=1S/C15H19FN2O3/c1-21-15(20)11-5-4-8-18(9-11)10-14(19)17-13-7-3-2-6-12(13)16/h2-3,6-7,11H,4-5,8-10H2,1H3,(H,17,19). The highest BCUT2D eigenvalue weighted by atomic mass is 19.1. The average Bonchev–Trinajstić information content (AvgIpc) is 2.49. The average molecular weight is 294 g/mol. The van der Waals surface area contributed by atoms with E-state index in [9.17, 15) is 14.0 Å². The minimum Gasteiger partial charge on any atom is -0.469 e. The number of carbonyl (C=O) groups excluding carboxylic acids is 2. The van der Waals surface area contributed by atoms with E-state index in [2.05, 4.69) is 5.32 Å². The molecule has 1 aliphatic rings. The second kappa shape index (κ2) is 7.17. The third kappa shape index (κ3) is 4.26. The van der Waals surface area contributed by atoms with Crippen molar-refractivity contribution in [2.75, 3.05) is 32.1 Å². The summed E-state index contributed by atoms with van der Waals surface area (Å²) in [4.78, 5) is 25.4. The molecule has 1 saturated heterocycles. The van der Waals surface area contributed by atoms with Gasteiger partial charge in [-0.25, -0.2) is 4.39 Å². The molecule has 1 aromatic carbocycles. The fraction of sp³-hybridized carbons (Fsp3) is 0.467. The molecule has 21 heavy (non-hydrogen) atoms. The van der Waals surface area contributed by atoms with Crippen LogP contribution in [0.15, 0.2) is 24.3 Å². The first-order valence-electron chi connectivity index (χ1n) is 6.94. The molecule has 5 nitrogen and oxygen atoms in total. The first-order valence-corrected chi connectivity index (χ1v) is 6.94. The molecular weight excluding hydrogens is 275 g/mol. The zero-order valence-corrected chi connectivity index (χ0v) is 12.0. The van der Waals surface area contributed by atoms with Gasteiger partial charge in [0, 0.05) is 6.54 Å². The van der Waals surface area contributed by atoms with Crippen LogP contribution in [0.2, 0.25) is 0 Å². The van der Waals surface area contributed by atoms with Gasteiger partial charge in [0.05, 0.1) is 25.3 Å². The molecule has 1 N–H and O–H groups in total. The SMILES string of the molecule is COC(=O)C1CCCN(CC(=O)Nc2ccccc2F)C1. The number of nitrogens with zero attached hydrogens (tertiary/aromatic N) is 1. The van der Waals surface area contributed by atoms with Crippen LogP contribution in [-0.2, 0) is 14.3 Å². The predicted molar refractivity (Wildman–Crippen MR) is 76.2 cm³/mol. The molecule has 2 rings (SSSR count). The zero-order chi connectivity index (χ0) is 15.2. The number of nitrogens with one attached hydrogen (secondary N) is 1. The van der Waals surface area contributed by atoms with Gasteiger partial charge in [-0.2, -0.15) is 0 Å². The first kappa shape index (κ1) is 15.4. The van der Waals surface area contributed by atoms with Gasteiger partial charge in [0.1, 0.15) is 5.82 Å². The maximum Gasteiger partial charge on any atom is 0.309 e. The van der Waals surface area contributed by atoms with Crippen LogP contribution in [0.4, 0.5) is 10.1 Å². The molecule has 0 saturated carbocycles. The topological polar surface area (TPSA) is 58.6 Å². The summed E-state index contributed by atoms with van der Waals surface area (Å²) in [6.45, 7) is 1.39. The lowest BCUT2D eigenvalue weighted by molar-refractivity contribution is -0.147. The number of amides is 1. The molecule has 6 heteroatoms. The van der Waals surface area contributed by atoms with Crippen molar-refractivity contribution in [3.63, 3.8) is 0 Å². The lowest BCUT2D eigenvalue weighted by Gasteiger charge is -2.30. The number of ether oxygens (including phenoxy) is 1. The van der Waals surface area contributed by atoms with E-state index in [-0.39, 0.29) is 30.0 Å². The van der Waals surface area contributed by atoms with Crippen LogP contribution in [0.1, 0.15) is 12.8 Å². The quantitative estimate of drug-likeness (QED) is 0.858. The van der Waals surface area contributed by atoms with E-state index < -0.39 is 5.82 Å². The minimum atomic E-state index is -0.461. The van der Waals surface area contributed by atoms with E-state index in [1.54, 1.807) is 12.1 Å². The number of hydrogen-bond donors (Lipinski definition) is 1. The Morgan fingerprint density at radius 1 is 1.43 bits per heavy atom. The number of anilines is 1. The van der Waals surface area contributed by atoms with Gasteiger partial charge in [0.2, 0.25) is 5.91 Å². The maximum atomic E-state index is 13.5. The van der Waals surface area contributed by atoms with Crippen LogP contribution in [-0.4, -0.2) is 43.5 Å². The van der Waals surface area contributed by atoms with Gasteiger partial charge < -0.3 is 10.1 Å². The van der Waals surface area contributed by atoms with Gasteiger partial charge in [0.25, 0.3) is 0 Å². The Bertz CT molecular complexity index is 521. The summed E-state index contributed by atoms with van der Waals surface area (Å²) in [6.07, 6.45) is 1.62. The van der Waals surface area contributed by atoms with Crippen molar-refractivity contribution in [1.29, 1.82) is 0 Å². The van der Waals surface area contributed by atoms with Crippen LogP contribution < -0.4 is 5.32 Å². The Balaban J connectivity index is 1.88. The van der Waals surface area contributed by atoms with Crippen molar-refractivity contribution in [3.8, 4) is 0 Å². The maximum absolute atomic E-state index is 13.5. The molecule has 0 aromatic heterocycles. The van der Waals surface area contributed by atoms with Gasteiger partial charge in [0.15, 0.2) is 0 Å². The lowest BCUT2D eigenvalue weighted by atomic mass is 9.98. The number of methoxy groups -OCH3 is 1. The number of rotatable bonds is 4. The van der Waals surface area contributed by atoms with Crippen molar-refractivity contribution in [3.05, 3.63) is 30.1 Å². The molecule has 114 valence electrons. The number of hydrogen-bond acceptors (Lipinski definition) is 4. The van der Waals surface area contributed by atoms with Crippen LogP contribution in [0, 0.1) is 11.7 Å². The highest BCUT2D eigenvalue weighted by molar-refractivity contribution is 5.92. The summed E-state index contributed by atoms with van der Waals surface area (Å²) in [6, 6.07) is 6.04. The monoisotopic (exact) mass is 294 g/mol. The van der Waals surface area contributed by atoms with Gasteiger partial charge in [-0.1, -0.05) is 12.1 Å². The highest BCUT2D eigenvalue weighted by Crippen LogP contribution is 2.18. The van der Waals surface area contributed by atoms with E-state index in [0.717, 1.165) is 19.4 Å². The van der Waals surface area contributed by atoms with E-state index >= 15 is 0 Å². The normalized spacial score (nSPS) is 19.0. The molecular formula is C15H19FN2O3. The number of benzene rings is 1. The summed E-state index contributed by atoms with van der Waals surface area (Å²) in [5.41, 5.74) is 0.170. The number of likely N-dealkylation sites (tertiary alicyclic amines) is 1. The summed E-state index contributed by atoms with van der Waals surface area (Å²) in [5, 5.41) is 2.54. The Morgan fingerprint density at radius 3 is 2.90 bits per heavy atom. The second-order valence-electron chi connectivity index (χ2n) is 5.13. The van der Waals surface area contributed by atoms with E-state index in [4.69, 9.17) is 4.74 Å². The number of piperidine rings is 1. The second-order valence-corrected chi connectivity index (χ2v) is 5.13. The number of carbonyl (C=O) groups is 2. The highest BCUT2D eigenvalue weighted by Gasteiger charge is 2.27. The number of halogens is 1. The Morgan fingerprint density at radius 2 is 2.19 bits per heavy atom. The summed E-state index contributed by atoms with van der Waals surface area (Å²) in [7, 11) is 1.37. The van der Waals surface area contributed by atoms with Crippen molar-refractivity contribution < 1.29 is 18.7 Å². The predicted octanol–water partition coefficient (Wildman–Crippen LogP) is 1.65. The van der Waals surface area contributed by atoms with Crippen LogP contribution in [0.5, 0.6) is 0 Å². The smallest absolute Gasteiger partial charge is 0.309 e. The van der Waals surface area contributed by atoms with Gasteiger partial charge in [-0.05, 0) is 31.5 Å². The number of esters is 1. The van der Waals surface area contributed by atoms with E-state index in [1.165, 1.54) is 19.2 Å². The molecule has 0 aliphatic carbocycles. The Kier molecular flexibility index (Phi) is 5.27. The van der Waals surface area contributed by atoms with E-state index in [0.29, 0.717) is 6.54 Å². The minimum absolute atomic E-state index is 0.141. The Labute approximate surface area is 123 Å². The number of para-hydroxylation sites is 1. The zero-order valence-electron chi connectivity index (χ0n) is 12.0. The van der Waals surface area contributed by atoms with Crippen molar-refractivity contribution in [1.82, 2.24) is 4.90 Å². The fourth-order valence-corrected chi connectivity index (χ4v) is 2.51. The molecule has 1 heterocycles. The molecule has 0 bridgehead atoms. The van der Waals surface area contributed by atoms with Gasteiger partial charge in [-0.3, -0.25) is 14.5 Å². The molecule has 1 aromatic rings. The van der Waals surface area contributed by atoms with Gasteiger partial charge in [-0.15, -0.1) is 0 Å². The summed E-state index contributed by atoms with van der Waals surface area (Å²) >= 11 is 0. The molecule has 1 unspecified atom stereocenters. The summed E-state index contributed by atoms with van der Waals surface area (Å²) < 4.78 is 18.2. The van der Waals surface area contributed by atoms with Crippen LogP contribution in [0.3, 0.4) is 0 Å². The third-order valence-electron chi connectivity index (χ3n) is 3.56.